The van der Waals surface area contributed by atoms with Crippen molar-refractivity contribution in [2.24, 2.45) is 0 Å². The summed E-state index contributed by atoms with van der Waals surface area (Å²) in [5, 5.41) is 1.55. The van der Waals surface area contributed by atoms with Crippen molar-refractivity contribution < 1.29 is 0 Å². The molecule has 1 aromatic rings. The molecular weight excluding hydrogens is 268 g/mol. The van der Waals surface area contributed by atoms with E-state index in [-0.39, 0.29) is 0 Å². The van der Waals surface area contributed by atoms with E-state index in [1.807, 2.05) is 0 Å². The Hall–Kier alpha value is -1.60. The van der Waals surface area contributed by atoms with Crippen molar-refractivity contribution in [3.05, 3.63) is 78.9 Å². The van der Waals surface area contributed by atoms with Crippen LogP contribution in [0.3, 0.4) is 0 Å². The van der Waals surface area contributed by atoms with Gasteiger partial charge in [-0.25, -0.2) is 0 Å². The molecular formula is C20H26Si. The first-order chi connectivity index (χ1) is 10.2. The summed E-state index contributed by atoms with van der Waals surface area (Å²) in [4.78, 5) is 0. The Morgan fingerprint density at radius 3 is 1.67 bits per heavy atom. The Morgan fingerprint density at radius 2 is 1.19 bits per heavy atom. The van der Waals surface area contributed by atoms with Gasteiger partial charge in [0.25, 0.3) is 0 Å². The van der Waals surface area contributed by atoms with Gasteiger partial charge in [-0.15, -0.1) is 0 Å². The van der Waals surface area contributed by atoms with Gasteiger partial charge in [0.1, 0.15) is 0 Å². The number of allylic oxidation sites excluding steroid dienone is 8. The molecule has 0 heterocycles. The average molecular weight is 295 g/mol. The summed E-state index contributed by atoms with van der Waals surface area (Å²) in [5.41, 5.74) is 0.661. The van der Waals surface area contributed by atoms with Crippen molar-refractivity contribution >= 4 is 13.3 Å². The van der Waals surface area contributed by atoms with Crippen LogP contribution in [-0.2, 0) is 0 Å². The highest BCUT2D eigenvalue weighted by molar-refractivity contribution is 6.91. The SMILES string of the molecule is C1=CCC=CC1.C[Si](C)(c1ccccc1)C1C=CCC=C1. The van der Waals surface area contributed by atoms with Crippen LogP contribution >= 0.6 is 0 Å². The first-order valence-corrected chi connectivity index (χ1v) is 11.0. The van der Waals surface area contributed by atoms with Crippen molar-refractivity contribution in [1.29, 1.82) is 0 Å². The van der Waals surface area contributed by atoms with E-state index in [1.54, 1.807) is 5.19 Å². The van der Waals surface area contributed by atoms with Gasteiger partial charge in [0.15, 0.2) is 0 Å². The van der Waals surface area contributed by atoms with Crippen LogP contribution in [0.5, 0.6) is 0 Å². The smallest absolute Gasteiger partial charge is 0.0844 e. The molecule has 0 unspecified atom stereocenters. The van der Waals surface area contributed by atoms with Crippen molar-refractivity contribution in [2.45, 2.75) is 37.9 Å². The lowest BCUT2D eigenvalue weighted by Gasteiger charge is -2.30. The molecule has 0 aromatic heterocycles. The van der Waals surface area contributed by atoms with Crippen LogP contribution in [0.4, 0.5) is 0 Å². The molecule has 1 aromatic carbocycles. The summed E-state index contributed by atoms with van der Waals surface area (Å²) in [6, 6.07) is 11.0. The minimum atomic E-state index is -1.35. The zero-order valence-electron chi connectivity index (χ0n) is 13.2. The molecule has 0 nitrogen and oxygen atoms in total. The number of hydrogen-bond acceptors (Lipinski definition) is 0. The van der Waals surface area contributed by atoms with Crippen molar-refractivity contribution in [2.75, 3.05) is 0 Å². The zero-order valence-corrected chi connectivity index (χ0v) is 14.2. The first kappa shape index (κ1) is 15.8. The number of benzene rings is 1. The van der Waals surface area contributed by atoms with E-state index >= 15 is 0 Å². The predicted octanol–water partition coefficient (Wildman–Crippen LogP) is 5.38. The standard InChI is InChI=1S/C14H18Si.C6H8/c1-15(2,13-9-5-3-6-10-13)14-11-7-4-8-12-14;1-2-4-6-5-3-1/h3,5-12,14H,4H2,1-2H3;1-2,5-6H,3-4H2. The molecule has 0 spiro atoms. The highest BCUT2D eigenvalue weighted by Crippen LogP contribution is 2.27. The molecule has 2 aliphatic rings. The van der Waals surface area contributed by atoms with Crippen LogP contribution in [0, 0.1) is 0 Å². The van der Waals surface area contributed by atoms with E-state index in [0.717, 1.165) is 19.3 Å². The summed E-state index contributed by atoms with van der Waals surface area (Å²) in [6.07, 6.45) is 21.5. The Morgan fingerprint density at radius 1 is 0.714 bits per heavy atom. The fourth-order valence-corrected chi connectivity index (χ4v) is 5.35. The largest absolute Gasteiger partial charge is 0.0911 e. The van der Waals surface area contributed by atoms with Crippen LogP contribution in [0.25, 0.3) is 0 Å². The van der Waals surface area contributed by atoms with Crippen LogP contribution in [0.1, 0.15) is 19.3 Å². The van der Waals surface area contributed by atoms with Crippen molar-refractivity contribution in [1.82, 2.24) is 0 Å². The first-order valence-electron chi connectivity index (χ1n) is 7.90. The fourth-order valence-electron chi connectivity index (χ4n) is 2.68. The molecule has 0 saturated heterocycles. The monoisotopic (exact) mass is 294 g/mol. The third-order valence-corrected chi connectivity index (χ3v) is 8.06. The van der Waals surface area contributed by atoms with Gasteiger partial charge in [-0.2, -0.15) is 0 Å². The Kier molecular flexibility index (Phi) is 6.00. The van der Waals surface area contributed by atoms with Gasteiger partial charge in [-0.3, -0.25) is 0 Å². The van der Waals surface area contributed by atoms with Gasteiger partial charge >= 0.3 is 0 Å². The Labute approximate surface area is 130 Å². The minimum Gasteiger partial charge on any atom is -0.0844 e. The lowest BCUT2D eigenvalue weighted by molar-refractivity contribution is 1.18. The van der Waals surface area contributed by atoms with E-state index in [9.17, 15) is 0 Å². The highest BCUT2D eigenvalue weighted by atomic mass is 28.3. The maximum Gasteiger partial charge on any atom is 0.0911 e. The molecule has 0 radical (unpaired) electrons. The summed E-state index contributed by atoms with van der Waals surface area (Å²) < 4.78 is 0. The second kappa shape index (κ2) is 7.99. The normalized spacial score (nSPS) is 17.4. The summed E-state index contributed by atoms with van der Waals surface area (Å²) in [7, 11) is -1.35. The van der Waals surface area contributed by atoms with E-state index in [2.05, 4.69) is 92.0 Å². The third-order valence-electron chi connectivity index (χ3n) is 4.19. The van der Waals surface area contributed by atoms with Gasteiger partial charge in [-0.1, -0.05) is 97.2 Å². The van der Waals surface area contributed by atoms with Crippen molar-refractivity contribution in [3.8, 4) is 0 Å². The molecule has 0 N–H and O–H groups in total. The maximum atomic E-state index is 2.45. The fraction of sp³-hybridized carbons (Fsp3) is 0.300. The number of rotatable bonds is 2. The topological polar surface area (TPSA) is 0 Å². The quantitative estimate of drug-likeness (QED) is 0.507. The predicted molar refractivity (Wildman–Crippen MR) is 97.7 cm³/mol. The third kappa shape index (κ3) is 4.71. The molecule has 1 heteroatoms. The van der Waals surface area contributed by atoms with Crippen LogP contribution < -0.4 is 5.19 Å². The highest BCUT2D eigenvalue weighted by Gasteiger charge is 2.30. The van der Waals surface area contributed by atoms with Gasteiger partial charge in [0.05, 0.1) is 8.07 Å². The second-order valence-electron chi connectivity index (χ2n) is 6.12. The van der Waals surface area contributed by atoms with Gasteiger partial charge < -0.3 is 0 Å². The van der Waals surface area contributed by atoms with Gasteiger partial charge in [-0.05, 0) is 24.8 Å². The molecule has 0 saturated carbocycles. The maximum absolute atomic E-state index is 2.45. The second-order valence-corrected chi connectivity index (χ2v) is 10.8. The molecule has 3 rings (SSSR count). The van der Waals surface area contributed by atoms with E-state index < -0.39 is 8.07 Å². The van der Waals surface area contributed by atoms with Gasteiger partial charge in [0, 0.05) is 0 Å². The Balaban J connectivity index is 0.000000225. The molecule has 0 aliphatic heterocycles. The van der Waals surface area contributed by atoms with E-state index in [4.69, 9.17) is 0 Å². The molecule has 21 heavy (non-hydrogen) atoms. The molecule has 0 amide bonds. The summed E-state index contributed by atoms with van der Waals surface area (Å²) >= 11 is 0. The molecule has 110 valence electrons. The van der Waals surface area contributed by atoms with Gasteiger partial charge in [0.2, 0.25) is 0 Å². The molecule has 0 bridgehead atoms. The van der Waals surface area contributed by atoms with Crippen LogP contribution in [0.2, 0.25) is 18.6 Å². The molecule has 0 atom stereocenters. The molecule has 0 fully saturated rings. The summed E-state index contributed by atoms with van der Waals surface area (Å²) in [6.45, 7) is 4.90. The lowest BCUT2D eigenvalue weighted by atomic mass is 10.2. The molecule has 2 aliphatic carbocycles. The average Bonchev–Trinajstić information content (AvgIpc) is 2.59. The minimum absolute atomic E-state index is 0.661. The lowest BCUT2D eigenvalue weighted by Crippen LogP contribution is -2.44. The van der Waals surface area contributed by atoms with Crippen LogP contribution in [-0.4, -0.2) is 8.07 Å². The van der Waals surface area contributed by atoms with Crippen molar-refractivity contribution in [3.63, 3.8) is 0 Å². The van der Waals surface area contributed by atoms with E-state index in [0.29, 0.717) is 5.54 Å². The Bertz CT molecular complexity index is 500. The van der Waals surface area contributed by atoms with Crippen LogP contribution in [0.15, 0.2) is 78.9 Å². The summed E-state index contributed by atoms with van der Waals surface area (Å²) in [5.74, 6) is 0. The zero-order chi connectivity index (χ0) is 15.0. The van der Waals surface area contributed by atoms with E-state index in [1.165, 1.54) is 0 Å². The number of hydrogen-bond donors (Lipinski definition) is 0.